The molecule has 0 aliphatic carbocycles. The predicted molar refractivity (Wildman–Crippen MR) is 163 cm³/mol. The number of ether oxygens (including phenoxy) is 3. The van der Waals surface area contributed by atoms with Crippen molar-refractivity contribution < 1.29 is 42.8 Å². The van der Waals surface area contributed by atoms with E-state index < -0.39 is 11.9 Å². The molecule has 2 N–H and O–H groups in total. The van der Waals surface area contributed by atoms with E-state index in [1.807, 2.05) is 0 Å². The highest BCUT2D eigenvalue weighted by molar-refractivity contribution is 6.38. The topological polar surface area (TPSA) is 154 Å². The fourth-order valence-electron chi connectivity index (χ4n) is 4.05. The summed E-state index contributed by atoms with van der Waals surface area (Å²) in [5, 5.41) is 19.4. The van der Waals surface area contributed by atoms with Crippen molar-refractivity contribution in [2.45, 2.75) is 33.1 Å². The number of aryl methyl sites for hydroxylation is 2. The number of nitrogens with zero attached hydrogens (tertiary/aromatic N) is 2. The second-order valence-electron chi connectivity index (χ2n) is 9.10. The van der Waals surface area contributed by atoms with Crippen molar-refractivity contribution in [3.05, 3.63) is 67.3 Å². The van der Waals surface area contributed by atoms with Gasteiger partial charge in [0.25, 0.3) is 0 Å². The first kappa shape index (κ1) is 33.4. The van der Waals surface area contributed by atoms with Crippen LogP contribution < -0.4 is 9.47 Å². The van der Waals surface area contributed by atoms with Gasteiger partial charge in [-0.15, -0.1) is 0 Å². The Morgan fingerprint density at radius 3 is 1.45 bits per heavy atom. The second-order valence-corrected chi connectivity index (χ2v) is 10.7. The van der Waals surface area contributed by atoms with Gasteiger partial charge in [-0.3, -0.25) is 0 Å². The third-order valence-corrected chi connectivity index (χ3v) is 7.21. The number of hydrogen-bond acceptors (Lipinski definition) is 9. The molecule has 0 fully saturated rings. The van der Waals surface area contributed by atoms with Gasteiger partial charge in [0.2, 0.25) is 11.8 Å². The van der Waals surface area contributed by atoms with Crippen LogP contribution in [0.1, 0.15) is 52.8 Å². The van der Waals surface area contributed by atoms with Gasteiger partial charge in [-0.2, -0.15) is 0 Å². The van der Waals surface area contributed by atoms with Gasteiger partial charge < -0.3 is 33.3 Å². The maximum Gasteiger partial charge on any atom is 0.358 e. The van der Waals surface area contributed by atoms with Crippen LogP contribution in [0.3, 0.4) is 0 Å². The van der Waals surface area contributed by atoms with Crippen molar-refractivity contribution in [2.24, 2.45) is 0 Å². The van der Waals surface area contributed by atoms with Crippen LogP contribution in [0.4, 0.5) is 0 Å². The summed E-state index contributed by atoms with van der Waals surface area (Å²) in [7, 11) is 0. The van der Waals surface area contributed by atoms with Crippen LogP contribution in [-0.2, 0) is 17.6 Å². The molecule has 4 rings (SSSR count). The molecule has 0 unspecified atom stereocenters. The Kier molecular flexibility index (Phi) is 11.4. The van der Waals surface area contributed by atoms with Crippen molar-refractivity contribution >= 4 is 58.3 Å². The van der Waals surface area contributed by atoms with Gasteiger partial charge in [0.1, 0.15) is 18.1 Å². The maximum atomic E-state index is 11.4. The Labute approximate surface area is 271 Å². The van der Waals surface area contributed by atoms with E-state index >= 15 is 0 Å². The van der Waals surface area contributed by atoms with E-state index in [1.54, 1.807) is 13.8 Å². The molecule has 0 spiro atoms. The highest BCUT2D eigenvalue weighted by Gasteiger charge is 2.22. The number of oxazole rings is 2. The Balaban J connectivity index is 1.23. The van der Waals surface area contributed by atoms with Crippen LogP contribution in [-0.4, -0.2) is 58.5 Å². The van der Waals surface area contributed by atoms with E-state index in [4.69, 9.17) is 69.4 Å². The van der Waals surface area contributed by atoms with Crippen LogP contribution in [0.5, 0.6) is 11.5 Å². The van der Waals surface area contributed by atoms with Crippen molar-refractivity contribution in [3.63, 3.8) is 0 Å². The molecular formula is C29H26Cl4N2O9. The van der Waals surface area contributed by atoms with Gasteiger partial charge in [0.05, 0.1) is 33.3 Å². The quantitative estimate of drug-likeness (QED) is 0.117. The van der Waals surface area contributed by atoms with Crippen LogP contribution >= 0.6 is 46.4 Å². The molecule has 11 nitrogen and oxygen atoms in total. The van der Waals surface area contributed by atoms with Crippen LogP contribution in [0.15, 0.2) is 33.1 Å². The molecule has 0 saturated heterocycles. The molecule has 4 aromatic rings. The zero-order chi connectivity index (χ0) is 32.0. The number of aromatic carboxylic acids is 2. The number of carbonyl (C=O) groups is 2. The van der Waals surface area contributed by atoms with E-state index in [1.165, 1.54) is 24.3 Å². The molecule has 2 aromatic heterocycles. The van der Waals surface area contributed by atoms with Gasteiger partial charge in [0, 0.05) is 37.0 Å². The monoisotopic (exact) mass is 686 g/mol. The summed E-state index contributed by atoms with van der Waals surface area (Å²) in [6.07, 6.45) is 1.24. The molecule has 0 aliphatic heterocycles. The van der Waals surface area contributed by atoms with Crippen molar-refractivity contribution in [1.82, 2.24) is 9.97 Å². The Bertz CT molecular complexity index is 1500. The summed E-state index contributed by atoms with van der Waals surface area (Å²) in [5.74, 6) is -1.17. The molecule has 0 amide bonds. The minimum atomic E-state index is -1.19. The summed E-state index contributed by atoms with van der Waals surface area (Å²) in [5.41, 5.74) is 0.516. The molecule has 44 heavy (non-hydrogen) atoms. The lowest BCUT2D eigenvalue weighted by molar-refractivity contribution is 0.0678. The average molecular weight is 688 g/mol. The van der Waals surface area contributed by atoms with Gasteiger partial charge >= 0.3 is 11.9 Å². The molecule has 2 heterocycles. The fourth-order valence-corrected chi connectivity index (χ4v) is 5.24. The van der Waals surface area contributed by atoms with Crippen molar-refractivity contribution in [2.75, 3.05) is 26.4 Å². The first-order valence-electron chi connectivity index (χ1n) is 13.3. The molecule has 234 valence electrons. The number of carboxylic acids is 2. The minimum absolute atomic E-state index is 0.0908. The van der Waals surface area contributed by atoms with E-state index in [0.717, 1.165) is 0 Å². The Morgan fingerprint density at radius 2 is 1.09 bits per heavy atom. The number of halogens is 4. The summed E-state index contributed by atoms with van der Waals surface area (Å²) in [6.45, 7) is 4.52. The third-order valence-electron chi connectivity index (χ3n) is 6.09. The number of carboxylic acid groups (broad SMARTS) is 2. The number of benzene rings is 2. The van der Waals surface area contributed by atoms with Crippen LogP contribution in [0.2, 0.25) is 20.1 Å². The lowest BCUT2D eigenvalue weighted by Gasteiger charge is -2.12. The number of hydrogen-bond donors (Lipinski definition) is 2. The van der Waals surface area contributed by atoms with Crippen molar-refractivity contribution in [3.8, 4) is 34.4 Å². The molecular weight excluding hydrogens is 662 g/mol. The summed E-state index contributed by atoms with van der Waals surface area (Å²) in [4.78, 5) is 30.8. The molecule has 0 radical (unpaired) electrons. The largest absolute Gasteiger partial charge is 0.490 e. The molecule has 2 aromatic carbocycles. The average Bonchev–Trinajstić information content (AvgIpc) is 3.62. The van der Waals surface area contributed by atoms with Gasteiger partial charge in [-0.05, 0) is 24.3 Å². The number of rotatable bonds is 15. The van der Waals surface area contributed by atoms with Crippen LogP contribution in [0, 0.1) is 0 Å². The zero-order valence-electron chi connectivity index (χ0n) is 23.4. The first-order valence-corrected chi connectivity index (χ1v) is 14.8. The van der Waals surface area contributed by atoms with E-state index in [-0.39, 0.29) is 86.1 Å². The smallest absolute Gasteiger partial charge is 0.358 e. The molecule has 0 bridgehead atoms. The normalized spacial score (nSPS) is 11.1. The summed E-state index contributed by atoms with van der Waals surface area (Å²) in [6, 6.07) is 6.14. The van der Waals surface area contributed by atoms with E-state index in [2.05, 4.69) is 9.97 Å². The standard InChI is InChI=1S/C29H26Cl4N2O9/c1-3-20-22(28(36)37)34-26(43-20)14-10-16(30)24(17(31)11-14)41-7-5-6-40-8-9-42-25-18(32)12-15(13-19(25)33)27-35-23(29(38)39)21(4-2)44-27/h10-13H,3-9H2,1-2H3,(H,36,37)(H,38,39). The summed E-state index contributed by atoms with van der Waals surface area (Å²) < 4.78 is 28.1. The Hall–Kier alpha value is -3.48. The van der Waals surface area contributed by atoms with Gasteiger partial charge in [-0.25, -0.2) is 19.6 Å². The van der Waals surface area contributed by atoms with E-state index in [9.17, 15) is 19.8 Å². The molecule has 0 aliphatic rings. The van der Waals surface area contributed by atoms with Gasteiger partial charge in [-0.1, -0.05) is 60.3 Å². The first-order chi connectivity index (χ1) is 21.0. The van der Waals surface area contributed by atoms with Crippen LogP contribution in [0.25, 0.3) is 22.9 Å². The molecule has 0 atom stereocenters. The Morgan fingerprint density at radius 1 is 0.682 bits per heavy atom. The highest BCUT2D eigenvalue weighted by Crippen LogP contribution is 2.39. The van der Waals surface area contributed by atoms with E-state index in [0.29, 0.717) is 37.0 Å². The SMILES string of the molecule is CCc1oc(-c2cc(Cl)c(OCCCOCCOc3c(Cl)cc(-c4nc(C(=O)O)c(CC)o4)cc3Cl)c(Cl)c2)nc1C(=O)O. The highest BCUT2D eigenvalue weighted by atomic mass is 35.5. The number of aromatic nitrogens is 2. The fraction of sp³-hybridized carbons (Fsp3) is 0.310. The van der Waals surface area contributed by atoms with Crippen molar-refractivity contribution in [1.29, 1.82) is 0 Å². The lowest BCUT2D eigenvalue weighted by atomic mass is 10.2. The predicted octanol–water partition coefficient (Wildman–Crippen LogP) is 8.00. The maximum absolute atomic E-state index is 11.4. The molecule has 0 saturated carbocycles. The molecule has 15 heteroatoms. The lowest BCUT2D eigenvalue weighted by Crippen LogP contribution is -2.10. The second kappa shape index (κ2) is 15.0. The third kappa shape index (κ3) is 7.77. The summed E-state index contributed by atoms with van der Waals surface area (Å²) >= 11 is 25.5. The van der Waals surface area contributed by atoms with Gasteiger partial charge in [0.15, 0.2) is 22.9 Å². The zero-order valence-corrected chi connectivity index (χ0v) is 26.4. The minimum Gasteiger partial charge on any atom is -0.490 e.